The van der Waals surface area contributed by atoms with Crippen molar-refractivity contribution >= 4 is 23.5 Å². The van der Waals surface area contributed by atoms with Crippen molar-refractivity contribution in [3.8, 4) is 5.69 Å². The monoisotopic (exact) mass is 476 g/mol. The van der Waals surface area contributed by atoms with Gasteiger partial charge >= 0.3 is 6.18 Å². The number of halogens is 3. The van der Waals surface area contributed by atoms with Gasteiger partial charge in [0.15, 0.2) is 11.0 Å². The van der Waals surface area contributed by atoms with E-state index in [4.69, 9.17) is 4.52 Å². The topological polar surface area (TPSA) is 90.8 Å². The Kier molecular flexibility index (Phi) is 6.27. The van der Waals surface area contributed by atoms with Crippen LogP contribution in [0.15, 0.2) is 58.3 Å². The number of carbonyl (C=O) groups excluding carboxylic acids is 1. The number of hydrogen-bond donors (Lipinski definition) is 1. The average molecular weight is 476 g/mol. The Morgan fingerprint density at radius 3 is 2.67 bits per heavy atom. The van der Waals surface area contributed by atoms with E-state index in [0.29, 0.717) is 23.2 Å². The van der Waals surface area contributed by atoms with E-state index in [-0.39, 0.29) is 23.2 Å². The van der Waals surface area contributed by atoms with Gasteiger partial charge in [0, 0.05) is 31.4 Å². The van der Waals surface area contributed by atoms with Crippen LogP contribution in [0, 0.1) is 6.92 Å². The van der Waals surface area contributed by atoms with Gasteiger partial charge in [-0.3, -0.25) is 9.36 Å². The Morgan fingerprint density at radius 1 is 1.18 bits per heavy atom. The molecular weight excluding hydrogens is 457 g/mol. The molecule has 4 aromatic rings. The highest BCUT2D eigenvalue weighted by Gasteiger charge is 2.31. The average Bonchev–Trinajstić information content (AvgIpc) is 3.47. The Hall–Kier alpha value is -3.54. The number of aryl methyl sites for hydroxylation is 2. The van der Waals surface area contributed by atoms with Crippen molar-refractivity contribution in [2.45, 2.75) is 24.7 Å². The molecule has 1 N–H and O–H groups in total. The molecule has 4 rings (SSSR count). The molecule has 0 saturated heterocycles. The molecule has 0 spiro atoms. The van der Waals surface area contributed by atoms with Gasteiger partial charge in [-0.1, -0.05) is 23.0 Å². The Balaban J connectivity index is 1.63. The lowest BCUT2D eigenvalue weighted by Gasteiger charge is -2.13. The number of aromatic nitrogens is 5. The summed E-state index contributed by atoms with van der Waals surface area (Å²) in [4.78, 5) is 12.3. The SMILES string of the molecule is Cc1cc(NC(=O)CSc2nnc(Cc3cccn3C)n2-c2cccc(C(F)(F)F)c2)no1. The summed E-state index contributed by atoms with van der Waals surface area (Å²) >= 11 is 1.06. The second-order valence-corrected chi connectivity index (χ2v) is 8.17. The lowest BCUT2D eigenvalue weighted by molar-refractivity contribution is -0.137. The molecule has 0 aliphatic rings. The van der Waals surface area contributed by atoms with Gasteiger partial charge in [-0.25, -0.2) is 0 Å². The predicted octanol–water partition coefficient (Wildman–Crippen LogP) is 4.24. The molecule has 0 unspecified atom stereocenters. The normalized spacial score (nSPS) is 11.7. The number of anilines is 1. The fourth-order valence-electron chi connectivity index (χ4n) is 3.17. The van der Waals surface area contributed by atoms with E-state index in [2.05, 4.69) is 20.7 Å². The maximum absolute atomic E-state index is 13.3. The van der Waals surface area contributed by atoms with Gasteiger partial charge in [0.05, 0.1) is 17.0 Å². The molecule has 1 aromatic carbocycles. The fraction of sp³-hybridized carbons (Fsp3) is 0.238. The highest BCUT2D eigenvalue weighted by atomic mass is 32.2. The molecule has 33 heavy (non-hydrogen) atoms. The first kappa shape index (κ1) is 22.6. The molecule has 0 fully saturated rings. The van der Waals surface area contributed by atoms with Crippen molar-refractivity contribution in [1.82, 2.24) is 24.5 Å². The number of benzene rings is 1. The molecule has 0 radical (unpaired) electrons. The van der Waals surface area contributed by atoms with E-state index in [9.17, 15) is 18.0 Å². The van der Waals surface area contributed by atoms with Crippen LogP contribution in [0.1, 0.15) is 22.8 Å². The fourth-order valence-corrected chi connectivity index (χ4v) is 3.94. The van der Waals surface area contributed by atoms with E-state index in [1.807, 2.05) is 29.9 Å². The van der Waals surface area contributed by atoms with Crippen LogP contribution in [0.25, 0.3) is 5.69 Å². The molecule has 172 valence electrons. The second kappa shape index (κ2) is 9.14. The van der Waals surface area contributed by atoms with Crippen LogP contribution in [-0.2, 0) is 24.4 Å². The van der Waals surface area contributed by atoms with Gasteiger partial charge in [-0.15, -0.1) is 10.2 Å². The third-order valence-electron chi connectivity index (χ3n) is 4.75. The molecule has 1 amide bonds. The summed E-state index contributed by atoms with van der Waals surface area (Å²) in [6.45, 7) is 1.70. The van der Waals surface area contributed by atoms with Gasteiger partial charge in [0.1, 0.15) is 11.6 Å². The van der Waals surface area contributed by atoms with E-state index in [1.165, 1.54) is 6.07 Å². The summed E-state index contributed by atoms with van der Waals surface area (Å²) in [5.41, 5.74) is 0.383. The van der Waals surface area contributed by atoms with Gasteiger partial charge in [0.2, 0.25) is 5.91 Å². The van der Waals surface area contributed by atoms with Crippen LogP contribution in [-0.4, -0.2) is 36.1 Å². The highest BCUT2D eigenvalue weighted by Crippen LogP contribution is 2.32. The predicted molar refractivity (Wildman–Crippen MR) is 115 cm³/mol. The first-order chi connectivity index (χ1) is 15.7. The largest absolute Gasteiger partial charge is 0.416 e. The third kappa shape index (κ3) is 5.28. The molecular formula is C21H19F3N6O2S. The minimum absolute atomic E-state index is 0.0485. The lowest BCUT2D eigenvalue weighted by Crippen LogP contribution is -2.15. The zero-order valence-electron chi connectivity index (χ0n) is 17.6. The number of nitrogens with zero attached hydrogens (tertiary/aromatic N) is 5. The summed E-state index contributed by atoms with van der Waals surface area (Å²) in [7, 11) is 1.87. The maximum Gasteiger partial charge on any atom is 0.416 e. The number of nitrogens with one attached hydrogen (secondary N) is 1. The molecule has 0 aliphatic carbocycles. The molecule has 3 aromatic heterocycles. The van der Waals surface area contributed by atoms with E-state index < -0.39 is 11.7 Å². The number of amides is 1. The van der Waals surface area contributed by atoms with Gasteiger partial charge in [-0.2, -0.15) is 13.2 Å². The maximum atomic E-state index is 13.3. The zero-order chi connectivity index (χ0) is 23.6. The number of hydrogen-bond acceptors (Lipinski definition) is 6. The summed E-state index contributed by atoms with van der Waals surface area (Å²) in [6, 6.07) is 10.3. The van der Waals surface area contributed by atoms with Crippen molar-refractivity contribution < 1.29 is 22.5 Å². The number of alkyl halides is 3. The lowest BCUT2D eigenvalue weighted by atomic mass is 10.2. The summed E-state index contributed by atoms with van der Waals surface area (Å²) < 4.78 is 48.3. The van der Waals surface area contributed by atoms with Gasteiger partial charge in [-0.05, 0) is 37.3 Å². The Morgan fingerprint density at radius 2 is 2.00 bits per heavy atom. The summed E-state index contributed by atoms with van der Waals surface area (Å²) in [5, 5.41) is 15.0. The minimum Gasteiger partial charge on any atom is -0.360 e. The molecule has 0 aliphatic heterocycles. The van der Waals surface area contributed by atoms with Crippen LogP contribution in [0.2, 0.25) is 0 Å². The van der Waals surface area contributed by atoms with Crippen LogP contribution in [0.5, 0.6) is 0 Å². The van der Waals surface area contributed by atoms with Gasteiger partial charge < -0.3 is 14.4 Å². The highest BCUT2D eigenvalue weighted by molar-refractivity contribution is 7.99. The quantitative estimate of drug-likeness (QED) is 0.401. The molecule has 8 nitrogen and oxygen atoms in total. The minimum atomic E-state index is -4.49. The van der Waals surface area contributed by atoms with E-state index in [0.717, 1.165) is 29.6 Å². The Bertz CT molecular complexity index is 1280. The Labute approximate surface area is 190 Å². The summed E-state index contributed by atoms with van der Waals surface area (Å²) in [5.74, 6) is 0.865. The molecule has 0 bridgehead atoms. The van der Waals surface area contributed by atoms with Crippen molar-refractivity contribution in [3.05, 3.63) is 71.5 Å². The first-order valence-electron chi connectivity index (χ1n) is 9.79. The molecule has 0 atom stereocenters. The smallest absolute Gasteiger partial charge is 0.360 e. The van der Waals surface area contributed by atoms with Crippen LogP contribution < -0.4 is 5.32 Å². The zero-order valence-corrected chi connectivity index (χ0v) is 18.4. The number of rotatable bonds is 7. The van der Waals surface area contributed by atoms with Gasteiger partial charge in [0.25, 0.3) is 0 Å². The van der Waals surface area contributed by atoms with Crippen molar-refractivity contribution in [2.75, 3.05) is 11.1 Å². The summed E-state index contributed by atoms with van der Waals surface area (Å²) in [6.07, 6.45) is -2.28. The van der Waals surface area contributed by atoms with E-state index >= 15 is 0 Å². The molecule has 3 heterocycles. The first-order valence-corrected chi connectivity index (χ1v) is 10.8. The van der Waals surface area contributed by atoms with Crippen LogP contribution in [0.3, 0.4) is 0 Å². The van der Waals surface area contributed by atoms with Crippen molar-refractivity contribution in [1.29, 1.82) is 0 Å². The molecule has 12 heteroatoms. The van der Waals surface area contributed by atoms with Crippen LogP contribution in [0.4, 0.5) is 19.0 Å². The second-order valence-electron chi connectivity index (χ2n) is 7.23. The third-order valence-corrected chi connectivity index (χ3v) is 5.68. The molecule has 0 saturated carbocycles. The standard InChI is InChI=1S/C21H19F3N6O2S/c1-13-9-17(28-32-13)25-19(31)12-33-20-27-26-18(11-15-7-4-8-29(15)2)30(20)16-6-3-5-14(10-16)21(22,23)24/h3-10H,11-12H2,1-2H3,(H,25,28,31). The van der Waals surface area contributed by atoms with E-state index in [1.54, 1.807) is 23.6 Å². The van der Waals surface area contributed by atoms with Crippen LogP contribution >= 0.6 is 11.8 Å². The number of thioether (sulfide) groups is 1. The van der Waals surface area contributed by atoms with Crippen molar-refractivity contribution in [3.63, 3.8) is 0 Å². The van der Waals surface area contributed by atoms with Crippen molar-refractivity contribution in [2.24, 2.45) is 7.05 Å². The number of carbonyl (C=O) groups is 1.